The lowest BCUT2D eigenvalue weighted by Gasteiger charge is -2.24. The number of carbonyl (C=O) groups is 1. The van der Waals surface area contributed by atoms with Gasteiger partial charge in [0.1, 0.15) is 0 Å². The van der Waals surface area contributed by atoms with E-state index in [0.717, 1.165) is 23.7 Å². The zero-order valence-corrected chi connectivity index (χ0v) is 13.4. The molecule has 82 valence electrons. The molecule has 0 aromatic heterocycles. The van der Waals surface area contributed by atoms with Gasteiger partial charge in [-0.05, 0) is 41.8 Å². The Hall–Kier alpha value is 0.850. The molecule has 0 N–H and O–H groups in total. The maximum atomic E-state index is 11.3. The van der Waals surface area contributed by atoms with E-state index in [2.05, 4.69) is 61.6 Å². The van der Waals surface area contributed by atoms with Gasteiger partial charge in [0.2, 0.25) is 0 Å². The zero-order chi connectivity index (χ0) is 11.4. The Balaban J connectivity index is 5.12. The summed E-state index contributed by atoms with van der Waals surface area (Å²) < 4.78 is 0.561. The number of hydrogen-bond donors (Lipinski definition) is 0. The minimum atomic E-state index is -0.145. The first-order valence-corrected chi connectivity index (χ1v) is 7.22. The fraction of sp³-hybridized carbons (Fsp3) is 0.700. The van der Waals surface area contributed by atoms with Gasteiger partial charge in [0.05, 0.1) is 8.81 Å². The molecule has 0 saturated carbocycles. The number of rotatable bonds is 5. The largest absolute Gasteiger partial charge is 0.294 e. The molecule has 0 rings (SSSR count). The monoisotopic (exact) mass is 388 g/mol. The maximum absolute atomic E-state index is 11.3. The van der Waals surface area contributed by atoms with Crippen molar-refractivity contribution in [3.8, 4) is 0 Å². The Kier molecular flexibility index (Phi) is 6.83. The van der Waals surface area contributed by atoms with Gasteiger partial charge in [-0.2, -0.15) is 0 Å². The van der Waals surface area contributed by atoms with Gasteiger partial charge in [-0.25, -0.2) is 0 Å². The minimum Gasteiger partial charge on any atom is -0.294 e. The van der Waals surface area contributed by atoms with E-state index in [4.69, 9.17) is 0 Å². The highest BCUT2D eigenvalue weighted by atomic mass is 79.9. The first-order chi connectivity index (χ1) is 6.36. The summed E-state index contributed by atoms with van der Waals surface area (Å²) in [4.78, 5) is 11.3. The van der Waals surface area contributed by atoms with E-state index in [1.165, 1.54) is 0 Å². The smallest absolute Gasteiger partial charge is 0.166 e. The molecular weight excluding hydrogens is 376 g/mol. The minimum absolute atomic E-state index is 0.0834. The maximum Gasteiger partial charge on any atom is 0.166 e. The summed E-state index contributed by atoms with van der Waals surface area (Å²) in [7, 11) is 0. The second kappa shape index (κ2) is 6.44. The van der Waals surface area contributed by atoms with Crippen LogP contribution in [-0.4, -0.2) is 15.4 Å². The Morgan fingerprint density at radius 3 is 2.21 bits per heavy atom. The lowest BCUT2D eigenvalue weighted by molar-refractivity contribution is -0.112. The number of allylic oxidation sites excluding steroid dienone is 2. The zero-order valence-electron chi connectivity index (χ0n) is 8.66. The number of halogens is 3. The van der Waals surface area contributed by atoms with Gasteiger partial charge in [0, 0.05) is 5.33 Å². The van der Waals surface area contributed by atoms with E-state index < -0.39 is 0 Å². The van der Waals surface area contributed by atoms with Gasteiger partial charge in [-0.1, -0.05) is 45.2 Å². The summed E-state index contributed by atoms with van der Waals surface area (Å²) in [6, 6.07) is 0. The van der Waals surface area contributed by atoms with Crippen molar-refractivity contribution < 1.29 is 4.79 Å². The third kappa shape index (κ3) is 4.15. The van der Waals surface area contributed by atoms with Crippen molar-refractivity contribution in [1.82, 2.24) is 0 Å². The molecule has 1 nitrogen and oxygen atoms in total. The number of ketones is 1. The molecule has 1 atom stereocenters. The predicted molar refractivity (Wildman–Crippen MR) is 72.7 cm³/mol. The molecule has 0 heterocycles. The van der Waals surface area contributed by atoms with Crippen LogP contribution in [0.5, 0.6) is 0 Å². The van der Waals surface area contributed by atoms with Crippen molar-refractivity contribution in [2.24, 2.45) is 0 Å². The molecule has 0 aliphatic carbocycles. The van der Waals surface area contributed by atoms with Gasteiger partial charge in [-0.15, -0.1) is 0 Å². The van der Waals surface area contributed by atoms with Gasteiger partial charge in [0.15, 0.2) is 5.78 Å². The first-order valence-electron chi connectivity index (χ1n) is 4.51. The molecule has 0 aromatic rings. The molecule has 0 aromatic carbocycles. The van der Waals surface area contributed by atoms with E-state index in [1.54, 1.807) is 6.92 Å². The molecule has 14 heavy (non-hydrogen) atoms. The van der Waals surface area contributed by atoms with E-state index in [9.17, 15) is 4.79 Å². The Labute approximate surface area is 111 Å². The van der Waals surface area contributed by atoms with Crippen LogP contribution >= 0.6 is 47.8 Å². The second-order valence-electron chi connectivity index (χ2n) is 3.43. The molecule has 0 amide bonds. The van der Waals surface area contributed by atoms with Crippen LogP contribution in [0.1, 0.15) is 33.6 Å². The predicted octanol–water partition coefficient (Wildman–Crippen LogP) is 4.57. The molecule has 1 unspecified atom stereocenters. The number of hydrogen-bond acceptors (Lipinski definition) is 1. The fourth-order valence-corrected chi connectivity index (χ4v) is 2.78. The van der Waals surface area contributed by atoms with Gasteiger partial charge in [0.25, 0.3) is 0 Å². The van der Waals surface area contributed by atoms with Crippen LogP contribution in [-0.2, 0) is 4.79 Å². The topological polar surface area (TPSA) is 17.1 Å². The average Bonchev–Trinajstić information content (AvgIpc) is 2.12. The summed E-state index contributed by atoms with van der Waals surface area (Å²) in [5.41, 5.74) is 1.13. The quantitative estimate of drug-likeness (QED) is 0.496. The molecule has 0 saturated heterocycles. The van der Waals surface area contributed by atoms with Gasteiger partial charge in [-0.3, -0.25) is 4.79 Å². The van der Waals surface area contributed by atoms with E-state index in [0.29, 0.717) is 4.48 Å². The number of alkyl halides is 2. The molecular formula is C10H15Br3O. The molecule has 0 spiro atoms. The van der Waals surface area contributed by atoms with Crippen LogP contribution in [0.15, 0.2) is 10.1 Å². The Bertz CT molecular complexity index is 244. The van der Waals surface area contributed by atoms with E-state index in [1.807, 2.05) is 0 Å². The van der Waals surface area contributed by atoms with Crippen molar-refractivity contribution in [2.45, 2.75) is 37.9 Å². The number of carbonyl (C=O) groups excluding carboxylic acids is 1. The normalized spacial score (nSPS) is 17.3. The summed E-state index contributed by atoms with van der Waals surface area (Å²) in [6.07, 6.45) is 1.96. The van der Waals surface area contributed by atoms with Crippen molar-refractivity contribution >= 4 is 53.6 Å². The highest BCUT2D eigenvalue weighted by Crippen LogP contribution is 2.36. The molecule has 0 fully saturated rings. The van der Waals surface area contributed by atoms with Gasteiger partial charge >= 0.3 is 0 Å². The summed E-state index contributed by atoms with van der Waals surface area (Å²) >= 11 is 10.4. The van der Waals surface area contributed by atoms with Crippen LogP contribution in [0.2, 0.25) is 0 Å². The number of Topliss-reactive ketones (excluding diaryl/α,β-unsaturated/α-hetero) is 1. The van der Waals surface area contributed by atoms with Crippen molar-refractivity contribution in [3.05, 3.63) is 10.1 Å². The molecule has 4 heteroatoms. The van der Waals surface area contributed by atoms with E-state index >= 15 is 0 Å². The van der Waals surface area contributed by atoms with Crippen LogP contribution in [0.3, 0.4) is 0 Å². The van der Waals surface area contributed by atoms with Crippen molar-refractivity contribution in [3.63, 3.8) is 0 Å². The third-order valence-corrected chi connectivity index (χ3v) is 5.62. The SMILES string of the molecule is CCC/C(=C(\Br)C(C)=O)C(C)(Br)CBr. The standard InChI is InChI=1S/C10H15Br3O/c1-4-5-8(9(12)7(2)14)10(3,13)6-11/h4-6H2,1-3H3/b9-8+. The van der Waals surface area contributed by atoms with Crippen molar-refractivity contribution in [1.29, 1.82) is 0 Å². The van der Waals surface area contributed by atoms with Gasteiger partial charge < -0.3 is 0 Å². The van der Waals surface area contributed by atoms with E-state index in [-0.39, 0.29) is 10.1 Å². The lowest BCUT2D eigenvalue weighted by Crippen LogP contribution is -2.23. The Morgan fingerprint density at radius 1 is 1.43 bits per heavy atom. The van der Waals surface area contributed by atoms with Crippen LogP contribution in [0, 0.1) is 0 Å². The fourth-order valence-electron chi connectivity index (χ4n) is 1.14. The molecule has 0 aliphatic heterocycles. The Morgan fingerprint density at radius 2 is 1.93 bits per heavy atom. The molecule has 0 aliphatic rings. The summed E-state index contributed by atoms with van der Waals surface area (Å²) in [5, 5.41) is 0.789. The summed E-state index contributed by atoms with van der Waals surface area (Å²) in [5.74, 6) is 0.0834. The average molecular weight is 391 g/mol. The second-order valence-corrected chi connectivity index (χ2v) is 6.53. The molecule has 0 bridgehead atoms. The highest BCUT2D eigenvalue weighted by Gasteiger charge is 2.27. The molecule has 0 radical (unpaired) electrons. The first kappa shape index (κ1) is 14.8. The van der Waals surface area contributed by atoms with Crippen molar-refractivity contribution in [2.75, 3.05) is 5.33 Å². The summed E-state index contributed by atoms with van der Waals surface area (Å²) in [6.45, 7) is 5.76. The third-order valence-electron chi connectivity index (χ3n) is 1.95. The van der Waals surface area contributed by atoms with Crippen LogP contribution < -0.4 is 0 Å². The lowest BCUT2D eigenvalue weighted by atomic mass is 9.97. The van der Waals surface area contributed by atoms with Crippen LogP contribution in [0.25, 0.3) is 0 Å². The highest BCUT2D eigenvalue weighted by molar-refractivity contribution is 9.13. The van der Waals surface area contributed by atoms with Crippen LogP contribution in [0.4, 0.5) is 0 Å².